The second kappa shape index (κ2) is 9.39. The summed E-state index contributed by atoms with van der Waals surface area (Å²) in [7, 11) is 1.66. The van der Waals surface area contributed by atoms with Crippen LogP contribution in [0.1, 0.15) is 33.1 Å². The number of aliphatic carboxylic acids is 1. The minimum absolute atomic E-state index is 0.570. The van der Waals surface area contributed by atoms with Crippen LogP contribution >= 0.6 is 0 Å². The van der Waals surface area contributed by atoms with Crippen LogP contribution in [0.15, 0.2) is 0 Å². The maximum Gasteiger partial charge on any atom is 0.323 e. The SMILES string of the molecule is CCNC(C)(CCCOCCCOC)C(=O)O. The first-order valence-corrected chi connectivity index (χ1v) is 6.12. The van der Waals surface area contributed by atoms with E-state index in [0.29, 0.717) is 32.8 Å². The molecule has 0 aromatic rings. The number of ether oxygens (including phenoxy) is 2. The summed E-state index contributed by atoms with van der Waals surface area (Å²) in [5.41, 5.74) is -0.843. The molecule has 5 nitrogen and oxygen atoms in total. The van der Waals surface area contributed by atoms with Crippen molar-refractivity contribution in [3.8, 4) is 0 Å². The van der Waals surface area contributed by atoms with Crippen molar-refractivity contribution in [2.24, 2.45) is 0 Å². The fourth-order valence-corrected chi connectivity index (χ4v) is 1.60. The first-order valence-electron chi connectivity index (χ1n) is 6.12. The molecule has 0 heterocycles. The third kappa shape index (κ3) is 7.31. The summed E-state index contributed by atoms with van der Waals surface area (Å²) in [5, 5.41) is 12.1. The molecule has 2 N–H and O–H groups in total. The predicted molar refractivity (Wildman–Crippen MR) is 66.3 cm³/mol. The van der Waals surface area contributed by atoms with Gasteiger partial charge < -0.3 is 19.9 Å². The van der Waals surface area contributed by atoms with E-state index in [1.54, 1.807) is 14.0 Å². The second-order valence-electron chi connectivity index (χ2n) is 4.23. The van der Waals surface area contributed by atoms with E-state index in [0.717, 1.165) is 12.8 Å². The lowest BCUT2D eigenvalue weighted by atomic mass is 9.96. The number of hydrogen-bond acceptors (Lipinski definition) is 4. The fraction of sp³-hybridized carbons (Fsp3) is 0.917. The predicted octanol–water partition coefficient (Wildman–Crippen LogP) is 1.27. The summed E-state index contributed by atoms with van der Waals surface area (Å²) in [6, 6.07) is 0. The minimum Gasteiger partial charge on any atom is -0.480 e. The highest BCUT2D eigenvalue weighted by atomic mass is 16.5. The van der Waals surface area contributed by atoms with E-state index >= 15 is 0 Å². The van der Waals surface area contributed by atoms with Crippen molar-refractivity contribution in [1.29, 1.82) is 0 Å². The van der Waals surface area contributed by atoms with Crippen molar-refractivity contribution >= 4 is 5.97 Å². The standard InChI is InChI=1S/C12H25NO4/c1-4-13-12(2,11(14)15)7-5-9-17-10-6-8-16-3/h13H,4-10H2,1-3H3,(H,14,15). The highest BCUT2D eigenvalue weighted by Gasteiger charge is 2.30. The maximum atomic E-state index is 11.1. The number of carbonyl (C=O) groups is 1. The van der Waals surface area contributed by atoms with Gasteiger partial charge in [0.15, 0.2) is 0 Å². The maximum absolute atomic E-state index is 11.1. The smallest absolute Gasteiger partial charge is 0.323 e. The highest BCUT2D eigenvalue weighted by Crippen LogP contribution is 2.12. The monoisotopic (exact) mass is 247 g/mol. The zero-order chi connectivity index (χ0) is 13.1. The van der Waals surface area contributed by atoms with Gasteiger partial charge in [-0.05, 0) is 32.7 Å². The Labute approximate surface area is 103 Å². The topological polar surface area (TPSA) is 67.8 Å². The number of hydrogen-bond donors (Lipinski definition) is 2. The first-order chi connectivity index (χ1) is 8.06. The number of likely N-dealkylation sites (N-methyl/N-ethyl adjacent to an activating group) is 1. The Bertz CT molecular complexity index is 211. The van der Waals surface area contributed by atoms with Gasteiger partial charge >= 0.3 is 5.97 Å². The van der Waals surface area contributed by atoms with Gasteiger partial charge in [0.2, 0.25) is 0 Å². The van der Waals surface area contributed by atoms with Gasteiger partial charge in [-0.15, -0.1) is 0 Å². The molecule has 0 saturated carbocycles. The van der Waals surface area contributed by atoms with Crippen LogP contribution in [0.4, 0.5) is 0 Å². The zero-order valence-corrected chi connectivity index (χ0v) is 11.1. The Kier molecular flexibility index (Phi) is 9.03. The Balaban J connectivity index is 3.65. The van der Waals surface area contributed by atoms with Gasteiger partial charge in [0.25, 0.3) is 0 Å². The zero-order valence-electron chi connectivity index (χ0n) is 11.1. The van der Waals surface area contributed by atoms with Crippen LogP contribution in [0.25, 0.3) is 0 Å². The van der Waals surface area contributed by atoms with Crippen LogP contribution in [-0.4, -0.2) is 50.1 Å². The lowest BCUT2D eigenvalue weighted by Crippen LogP contribution is -2.49. The lowest BCUT2D eigenvalue weighted by Gasteiger charge is -2.25. The molecule has 0 fully saturated rings. The lowest BCUT2D eigenvalue weighted by molar-refractivity contribution is -0.144. The van der Waals surface area contributed by atoms with E-state index in [2.05, 4.69) is 5.32 Å². The molecule has 0 aliphatic carbocycles. The van der Waals surface area contributed by atoms with Crippen molar-refractivity contribution in [2.45, 2.75) is 38.6 Å². The van der Waals surface area contributed by atoms with Gasteiger partial charge in [0.1, 0.15) is 5.54 Å². The van der Waals surface area contributed by atoms with E-state index in [9.17, 15) is 4.79 Å². The van der Waals surface area contributed by atoms with Crippen LogP contribution in [0.5, 0.6) is 0 Å². The normalized spacial score (nSPS) is 14.5. The number of carboxylic acids is 1. The Morgan fingerprint density at radius 2 is 1.94 bits per heavy atom. The number of carboxylic acid groups (broad SMARTS) is 1. The van der Waals surface area contributed by atoms with Crippen LogP contribution < -0.4 is 5.32 Å². The minimum atomic E-state index is -0.843. The molecule has 0 saturated heterocycles. The van der Waals surface area contributed by atoms with Crippen molar-refractivity contribution in [3.63, 3.8) is 0 Å². The molecule has 102 valence electrons. The van der Waals surface area contributed by atoms with Crippen LogP contribution in [0.3, 0.4) is 0 Å². The van der Waals surface area contributed by atoms with Crippen molar-refractivity contribution in [1.82, 2.24) is 5.32 Å². The van der Waals surface area contributed by atoms with Crippen molar-refractivity contribution < 1.29 is 19.4 Å². The summed E-state index contributed by atoms with van der Waals surface area (Å²) in [4.78, 5) is 11.1. The molecule has 0 bridgehead atoms. The van der Waals surface area contributed by atoms with Crippen LogP contribution in [0, 0.1) is 0 Å². The van der Waals surface area contributed by atoms with Gasteiger partial charge in [-0.3, -0.25) is 4.79 Å². The summed E-state index contributed by atoms with van der Waals surface area (Å²) in [6.07, 6.45) is 2.18. The van der Waals surface area contributed by atoms with Gasteiger partial charge in [-0.1, -0.05) is 6.92 Å². The molecule has 1 unspecified atom stereocenters. The van der Waals surface area contributed by atoms with Crippen molar-refractivity contribution in [2.75, 3.05) is 33.5 Å². The summed E-state index contributed by atoms with van der Waals surface area (Å²) >= 11 is 0. The molecule has 0 aliphatic rings. The average molecular weight is 247 g/mol. The Morgan fingerprint density at radius 1 is 1.29 bits per heavy atom. The van der Waals surface area contributed by atoms with E-state index in [-0.39, 0.29) is 0 Å². The average Bonchev–Trinajstić information content (AvgIpc) is 2.28. The van der Waals surface area contributed by atoms with E-state index in [4.69, 9.17) is 14.6 Å². The molecule has 0 aliphatic heterocycles. The third-order valence-electron chi connectivity index (χ3n) is 2.64. The quantitative estimate of drug-likeness (QED) is 0.538. The van der Waals surface area contributed by atoms with E-state index < -0.39 is 11.5 Å². The number of methoxy groups -OCH3 is 1. The highest BCUT2D eigenvalue weighted by molar-refractivity contribution is 5.78. The van der Waals surface area contributed by atoms with Gasteiger partial charge in [-0.25, -0.2) is 0 Å². The summed E-state index contributed by atoms with van der Waals surface area (Å²) < 4.78 is 10.3. The molecule has 0 aromatic heterocycles. The van der Waals surface area contributed by atoms with E-state index in [1.807, 2.05) is 6.92 Å². The third-order valence-corrected chi connectivity index (χ3v) is 2.64. The van der Waals surface area contributed by atoms with Crippen LogP contribution in [-0.2, 0) is 14.3 Å². The first kappa shape index (κ1) is 16.4. The molecular weight excluding hydrogens is 222 g/mol. The molecule has 0 amide bonds. The van der Waals surface area contributed by atoms with Gasteiger partial charge in [0.05, 0.1) is 0 Å². The van der Waals surface area contributed by atoms with Gasteiger partial charge in [-0.2, -0.15) is 0 Å². The molecule has 1 atom stereocenters. The number of rotatable bonds is 11. The largest absolute Gasteiger partial charge is 0.480 e. The molecular formula is C12H25NO4. The van der Waals surface area contributed by atoms with E-state index in [1.165, 1.54) is 0 Å². The molecule has 0 spiro atoms. The Morgan fingerprint density at radius 3 is 2.47 bits per heavy atom. The second-order valence-corrected chi connectivity index (χ2v) is 4.23. The summed E-state index contributed by atoms with van der Waals surface area (Å²) in [5.74, 6) is -0.807. The fourth-order valence-electron chi connectivity index (χ4n) is 1.60. The molecule has 17 heavy (non-hydrogen) atoms. The van der Waals surface area contributed by atoms with Crippen LogP contribution in [0.2, 0.25) is 0 Å². The van der Waals surface area contributed by atoms with Gasteiger partial charge in [0, 0.05) is 26.9 Å². The number of nitrogens with one attached hydrogen (secondary N) is 1. The molecule has 5 heteroatoms. The molecule has 0 rings (SSSR count). The summed E-state index contributed by atoms with van der Waals surface area (Å²) in [6.45, 7) is 6.23. The van der Waals surface area contributed by atoms with Crippen molar-refractivity contribution in [3.05, 3.63) is 0 Å². The molecule has 0 aromatic carbocycles. The Hall–Kier alpha value is -0.650. The molecule has 0 radical (unpaired) electrons.